The lowest BCUT2D eigenvalue weighted by molar-refractivity contribution is 0.0290. The van der Waals surface area contributed by atoms with E-state index in [1.54, 1.807) is 17.2 Å². The zero-order chi connectivity index (χ0) is 28.1. The first-order valence-electron chi connectivity index (χ1n) is 13.0. The van der Waals surface area contributed by atoms with Crippen molar-refractivity contribution in [2.75, 3.05) is 18.4 Å². The Morgan fingerprint density at radius 3 is 2.77 bits per heavy atom. The van der Waals surface area contributed by atoms with Crippen LogP contribution < -0.4 is 10.6 Å². The minimum absolute atomic E-state index is 0.136. The van der Waals surface area contributed by atoms with Gasteiger partial charge in [-0.15, -0.1) is 11.3 Å². The van der Waals surface area contributed by atoms with Gasteiger partial charge in [-0.2, -0.15) is 0 Å². The van der Waals surface area contributed by atoms with E-state index in [-0.39, 0.29) is 29.3 Å². The standard InChI is InChI=1S/C28H33FIN5O3S/c1-27(2,3)38-26(37)34-10-8-17(14-34)32-24(36)21-18-13-28(4,5)15-35-11-9-31-23(35)22(18)39-25(21)33-20-7-6-16(30)12-19(20)29/h6-7,9,11-12,17,33H,8,10,13-15H2,1-5H3,(H,32,36). The van der Waals surface area contributed by atoms with Crippen LogP contribution in [0.3, 0.4) is 0 Å². The first-order valence-corrected chi connectivity index (χ1v) is 14.9. The number of benzene rings is 1. The second-order valence-electron chi connectivity index (χ2n) is 12.0. The average Bonchev–Trinajstić information content (AvgIpc) is 3.52. The number of imidazole rings is 1. The quantitative estimate of drug-likeness (QED) is 0.314. The Hall–Kier alpha value is -2.67. The van der Waals surface area contributed by atoms with Crippen LogP contribution in [-0.4, -0.2) is 51.2 Å². The van der Waals surface area contributed by atoms with Crippen molar-refractivity contribution in [2.24, 2.45) is 5.41 Å². The molecule has 1 atom stereocenters. The van der Waals surface area contributed by atoms with Gasteiger partial charge in [0.25, 0.3) is 5.91 Å². The fourth-order valence-electron chi connectivity index (χ4n) is 5.13. The zero-order valence-corrected chi connectivity index (χ0v) is 25.7. The molecule has 0 radical (unpaired) electrons. The van der Waals surface area contributed by atoms with E-state index in [0.29, 0.717) is 42.2 Å². The minimum Gasteiger partial charge on any atom is -0.444 e. The molecule has 2 N–H and O–H groups in total. The molecule has 1 unspecified atom stereocenters. The number of thiophene rings is 1. The highest BCUT2D eigenvalue weighted by molar-refractivity contribution is 14.1. The Morgan fingerprint density at radius 2 is 2.05 bits per heavy atom. The normalized spacial score (nSPS) is 18.2. The Morgan fingerprint density at radius 1 is 1.28 bits per heavy atom. The Kier molecular flexibility index (Phi) is 7.42. The summed E-state index contributed by atoms with van der Waals surface area (Å²) in [5.41, 5.74) is 0.996. The molecule has 4 heterocycles. The van der Waals surface area contributed by atoms with E-state index >= 15 is 0 Å². The van der Waals surface area contributed by atoms with Crippen LogP contribution >= 0.6 is 33.9 Å². The average molecular weight is 666 g/mol. The number of hydrogen-bond acceptors (Lipinski definition) is 6. The summed E-state index contributed by atoms with van der Waals surface area (Å²) >= 11 is 3.49. The van der Waals surface area contributed by atoms with Crippen molar-refractivity contribution in [1.29, 1.82) is 0 Å². The molecule has 2 aliphatic heterocycles. The van der Waals surface area contributed by atoms with E-state index in [4.69, 9.17) is 4.74 Å². The fraction of sp³-hybridized carbons (Fsp3) is 0.464. The molecule has 2 aliphatic rings. The van der Waals surface area contributed by atoms with Crippen LogP contribution in [0.25, 0.3) is 10.7 Å². The number of ether oxygens (including phenoxy) is 1. The highest BCUT2D eigenvalue weighted by Gasteiger charge is 2.36. The third-order valence-corrected chi connectivity index (χ3v) is 8.58. The molecule has 1 saturated heterocycles. The molecule has 11 heteroatoms. The Bertz CT molecular complexity index is 1430. The smallest absolute Gasteiger partial charge is 0.410 e. The Balaban J connectivity index is 1.48. The summed E-state index contributed by atoms with van der Waals surface area (Å²) in [6.45, 7) is 11.5. The summed E-state index contributed by atoms with van der Waals surface area (Å²) in [4.78, 5) is 33.7. The lowest BCUT2D eigenvalue weighted by Crippen LogP contribution is -2.40. The van der Waals surface area contributed by atoms with Gasteiger partial charge >= 0.3 is 6.09 Å². The van der Waals surface area contributed by atoms with Crippen molar-refractivity contribution in [1.82, 2.24) is 19.8 Å². The van der Waals surface area contributed by atoms with Gasteiger partial charge in [0.2, 0.25) is 0 Å². The monoisotopic (exact) mass is 665 g/mol. The van der Waals surface area contributed by atoms with Crippen LogP contribution in [0.5, 0.6) is 0 Å². The summed E-state index contributed by atoms with van der Waals surface area (Å²) < 4.78 is 23.3. The second kappa shape index (κ2) is 10.4. The third-order valence-electron chi connectivity index (χ3n) is 6.76. The number of fused-ring (bicyclic) bond motifs is 3. The molecule has 1 aromatic carbocycles. The van der Waals surface area contributed by atoms with Crippen molar-refractivity contribution >= 4 is 56.6 Å². The summed E-state index contributed by atoms with van der Waals surface area (Å²) in [5.74, 6) is 0.179. The molecule has 208 valence electrons. The van der Waals surface area contributed by atoms with Crippen LogP contribution in [-0.2, 0) is 17.7 Å². The first-order chi connectivity index (χ1) is 18.3. The Labute approximate surface area is 245 Å². The molecule has 0 aliphatic carbocycles. The maximum Gasteiger partial charge on any atom is 0.410 e. The molecule has 0 bridgehead atoms. The van der Waals surface area contributed by atoms with Crippen molar-refractivity contribution in [3.05, 3.63) is 51.1 Å². The molecular weight excluding hydrogens is 632 g/mol. The number of hydrogen-bond donors (Lipinski definition) is 2. The topological polar surface area (TPSA) is 88.5 Å². The van der Waals surface area contributed by atoms with E-state index in [1.807, 2.05) is 33.0 Å². The van der Waals surface area contributed by atoms with Crippen molar-refractivity contribution < 1.29 is 18.7 Å². The maximum atomic E-state index is 14.9. The number of likely N-dealkylation sites (tertiary alicyclic amines) is 1. The molecule has 39 heavy (non-hydrogen) atoms. The lowest BCUT2D eigenvalue weighted by atomic mass is 9.85. The van der Waals surface area contributed by atoms with Gasteiger partial charge in [-0.25, -0.2) is 14.2 Å². The van der Waals surface area contributed by atoms with Crippen molar-refractivity contribution in [2.45, 2.75) is 65.6 Å². The number of carbonyl (C=O) groups excluding carboxylic acids is 2. The second-order valence-corrected chi connectivity index (χ2v) is 14.2. The number of aromatic nitrogens is 2. The number of amides is 2. The van der Waals surface area contributed by atoms with Crippen LogP contribution in [0, 0.1) is 14.8 Å². The number of nitrogens with zero attached hydrogens (tertiary/aromatic N) is 3. The minimum atomic E-state index is -0.587. The molecule has 2 aromatic heterocycles. The van der Waals surface area contributed by atoms with Gasteiger partial charge in [0.15, 0.2) is 0 Å². The van der Waals surface area contributed by atoms with Gasteiger partial charge in [0.05, 0.1) is 16.1 Å². The van der Waals surface area contributed by atoms with E-state index in [0.717, 1.165) is 26.4 Å². The van der Waals surface area contributed by atoms with Gasteiger partial charge < -0.3 is 24.8 Å². The van der Waals surface area contributed by atoms with E-state index in [1.165, 1.54) is 17.4 Å². The number of rotatable bonds is 4. The first kappa shape index (κ1) is 27.9. The van der Waals surface area contributed by atoms with Crippen LogP contribution in [0.4, 0.5) is 19.9 Å². The molecule has 8 nitrogen and oxygen atoms in total. The number of carbonyl (C=O) groups is 2. The fourth-order valence-corrected chi connectivity index (χ4v) is 6.82. The lowest BCUT2D eigenvalue weighted by Gasteiger charge is -2.25. The summed E-state index contributed by atoms with van der Waals surface area (Å²) in [5, 5.41) is 6.94. The molecule has 0 saturated carbocycles. The van der Waals surface area contributed by atoms with E-state index < -0.39 is 5.60 Å². The number of anilines is 2. The van der Waals surface area contributed by atoms with Gasteiger partial charge in [0.1, 0.15) is 22.2 Å². The molecule has 1 fully saturated rings. The molecule has 2 amide bonds. The molecule has 3 aromatic rings. The number of nitrogens with one attached hydrogen (secondary N) is 2. The van der Waals surface area contributed by atoms with Crippen LogP contribution in [0.15, 0.2) is 30.6 Å². The van der Waals surface area contributed by atoms with Gasteiger partial charge in [-0.1, -0.05) is 13.8 Å². The molecular formula is C28H33FIN5O3S. The predicted octanol–water partition coefficient (Wildman–Crippen LogP) is 6.42. The maximum absolute atomic E-state index is 14.9. The summed E-state index contributed by atoms with van der Waals surface area (Å²) in [7, 11) is 0. The van der Waals surface area contributed by atoms with E-state index in [9.17, 15) is 14.0 Å². The summed E-state index contributed by atoms with van der Waals surface area (Å²) in [6, 6.07) is 4.75. The van der Waals surface area contributed by atoms with E-state index in [2.05, 4.69) is 56.6 Å². The zero-order valence-electron chi connectivity index (χ0n) is 22.7. The molecule has 5 rings (SSSR count). The third kappa shape index (κ3) is 6.08. The van der Waals surface area contributed by atoms with Gasteiger partial charge in [-0.3, -0.25) is 4.79 Å². The van der Waals surface area contributed by atoms with Crippen molar-refractivity contribution in [3.63, 3.8) is 0 Å². The largest absolute Gasteiger partial charge is 0.444 e. The predicted molar refractivity (Wildman–Crippen MR) is 159 cm³/mol. The highest BCUT2D eigenvalue weighted by atomic mass is 127. The highest BCUT2D eigenvalue weighted by Crippen LogP contribution is 2.46. The van der Waals surface area contributed by atoms with Gasteiger partial charge in [0, 0.05) is 41.6 Å². The number of halogens is 2. The van der Waals surface area contributed by atoms with Crippen molar-refractivity contribution in [3.8, 4) is 10.7 Å². The summed E-state index contributed by atoms with van der Waals surface area (Å²) in [6.07, 6.45) is 4.64. The SMILES string of the molecule is CC1(C)Cc2c(sc(Nc3ccc(I)cc3F)c2C(=O)NC2CCN(C(=O)OC(C)(C)C)C2)-c2nccn2C1. The van der Waals surface area contributed by atoms with Gasteiger partial charge in [-0.05, 0) is 85.4 Å². The molecule has 0 spiro atoms. The van der Waals surface area contributed by atoms with Crippen LogP contribution in [0.1, 0.15) is 57.0 Å². The van der Waals surface area contributed by atoms with Crippen LogP contribution in [0.2, 0.25) is 0 Å².